The summed E-state index contributed by atoms with van der Waals surface area (Å²) >= 11 is 0. The fourth-order valence-corrected chi connectivity index (χ4v) is 4.44. The van der Waals surface area contributed by atoms with Crippen LogP contribution in [0, 0.1) is 6.92 Å². The summed E-state index contributed by atoms with van der Waals surface area (Å²) in [5, 5.41) is 0.593. The van der Waals surface area contributed by atoms with Crippen molar-refractivity contribution in [1.82, 2.24) is 4.98 Å². The van der Waals surface area contributed by atoms with Crippen molar-refractivity contribution < 1.29 is 28.6 Å². The van der Waals surface area contributed by atoms with E-state index in [9.17, 15) is 14.4 Å². The van der Waals surface area contributed by atoms with Gasteiger partial charge in [0.1, 0.15) is 5.69 Å². The van der Waals surface area contributed by atoms with Crippen molar-refractivity contribution in [2.45, 2.75) is 6.92 Å². The molecule has 0 atom stereocenters. The standard InChI is InChI=1S/C27H22N2O6/c1-14-9-10-19-18(11-14)23(29-26(31)16-7-5-6-8-17(16)27(29)32)22(28-19)24(30)15-12-20(33-2)25(35-4)21(13-15)34-3/h5-13,28H,1-4H3. The van der Waals surface area contributed by atoms with Gasteiger partial charge < -0.3 is 19.2 Å². The van der Waals surface area contributed by atoms with Gasteiger partial charge in [0.05, 0.1) is 38.1 Å². The van der Waals surface area contributed by atoms with Gasteiger partial charge in [-0.3, -0.25) is 14.4 Å². The molecule has 1 aromatic heterocycles. The van der Waals surface area contributed by atoms with Gasteiger partial charge in [0.25, 0.3) is 11.8 Å². The molecular weight excluding hydrogens is 448 g/mol. The third kappa shape index (κ3) is 3.33. The summed E-state index contributed by atoms with van der Waals surface area (Å²) in [5.41, 5.74) is 2.69. The minimum atomic E-state index is -0.480. The number of rotatable bonds is 6. The average molecular weight is 470 g/mol. The minimum absolute atomic E-state index is 0.106. The number of carbonyl (C=O) groups is 3. The van der Waals surface area contributed by atoms with Gasteiger partial charge in [0, 0.05) is 16.5 Å². The molecule has 0 aliphatic carbocycles. The Morgan fingerprint density at radius 1 is 0.829 bits per heavy atom. The Bertz CT molecular complexity index is 1470. The molecule has 5 rings (SSSR count). The molecule has 1 aliphatic rings. The van der Waals surface area contributed by atoms with E-state index in [1.807, 2.05) is 25.1 Å². The van der Waals surface area contributed by atoms with Gasteiger partial charge in [0.15, 0.2) is 11.5 Å². The molecule has 3 aromatic carbocycles. The lowest BCUT2D eigenvalue weighted by atomic mass is 10.0. The number of ether oxygens (including phenoxy) is 3. The van der Waals surface area contributed by atoms with E-state index >= 15 is 0 Å². The van der Waals surface area contributed by atoms with E-state index in [1.165, 1.54) is 33.5 Å². The van der Waals surface area contributed by atoms with Crippen LogP contribution in [0.2, 0.25) is 0 Å². The number of ketones is 1. The van der Waals surface area contributed by atoms with Gasteiger partial charge in [-0.15, -0.1) is 0 Å². The second-order valence-electron chi connectivity index (χ2n) is 8.13. The number of aryl methyl sites for hydroxylation is 1. The smallest absolute Gasteiger partial charge is 0.266 e. The third-order valence-electron chi connectivity index (χ3n) is 6.10. The minimum Gasteiger partial charge on any atom is -0.493 e. The van der Waals surface area contributed by atoms with E-state index in [0.29, 0.717) is 39.3 Å². The van der Waals surface area contributed by atoms with Crippen LogP contribution in [0.25, 0.3) is 10.9 Å². The molecule has 0 bridgehead atoms. The Morgan fingerprint density at radius 2 is 1.43 bits per heavy atom. The van der Waals surface area contributed by atoms with Gasteiger partial charge in [-0.2, -0.15) is 0 Å². The zero-order chi connectivity index (χ0) is 24.9. The van der Waals surface area contributed by atoms with Crippen molar-refractivity contribution >= 4 is 34.2 Å². The van der Waals surface area contributed by atoms with Gasteiger partial charge in [-0.1, -0.05) is 23.8 Å². The SMILES string of the molecule is COc1cc(C(=O)c2[nH]c3ccc(C)cc3c2N2C(=O)c3ccccc3C2=O)cc(OC)c1OC. The van der Waals surface area contributed by atoms with Crippen molar-refractivity contribution in [3.8, 4) is 17.2 Å². The number of imide groups is 1. The van der Waals surface area contributed by atoms with Crippen LogP contribution in [-0.4, -0.2) is 43.9 Å². The number of anilines is 1. The van der Waals surface area contributed by atoms with Crippen LogP contribution in [0.3, 0.4) is 0 Å². The van der Waals surface area contributed by atoms with E-state index in [4.69, 9.17) is 14.2 Å². The van der Waals surface area contributed by atoms with Gasteiger partial charge in [0.2, 0.25) is 11.5 Å². The Hall–Kier alpha value is -4.59. The van der Waals surface area contributed by atoms with Gasteiger partial charge in [-0.05, 0) is 43.3 Å². The van der Waals surface area contributed by atoms with Gasteiger partial charge >= 0.3 is 0 Å². The first-order chi connectivity index (χ1) is 16.9. The molecule has 1 aliphatic heterocycles. The van der Waals surface area contributed by atoms with E-state index < -0.39 is 17.6 Å². The highest BCUT2D eigenvalue weighted by molar-refractivity contribution is 6.37. The summed E-state index contributed by atoms with van der Waals surface area (Å²) in [6.45, 7) is 1.90. The summed E-state index contributed by atoms with van der Waals surface area (Å²) in [5.74, 6) is -0.433. The second-order valence-corrected chi connectivity index (χ2v) is 8.13. The molecule has 1 N–H and O–H groups in total. The summed E-state index contributed by atoms with van der Waals surface area (Å²) in [4.78, 5) is 44.8. The van der Waals surface area contributed by atoms with E-state index in [2.05, 4.69) is 4.98 Å². The zero-order valence-corrected chi connectivity index (χ0v) is 19.6. The monoisotopic (exact) mass is 470 g/mol. The summed E-state index contributed by atoms with van der Waals surface area (Å²) in [7, 11) is 4.39. The summed E-state index contributed by atoms with van der Waals surface area (Å²) < 4.78 is 16.2. The number of hydrogen-bond donors (Lipinski definition) is 1. The molecule has 0 fully saturated rings. The molecule has 8 heteroatoms. The number of fused-ring (bicyclic) bond motifs is 2. The van der Waals surface area contributed by atoms with Crippen molar-refractivity contribution in [1.29, 1.82) is 0 Å². The molecular formula is C27H22N2O6. The van der Waals surface area contributed by atoms with Crippen molar-refractivity contribution in [3.63, 3.8) is 0 Å². The first-order valence-electron chi connectivity index (χ1n) is 10.8. The topological polar surface area (TPSA) is 97.9 Å². The maximum absolute atomic E-state index is 13.9. The lowest BCUT2D eigenvalue weighted by molar-refractivity contribution is 0.0926. The first-order valence-corrected chi connectivity index (χ1v) is 10.8. The molecule has 2 amide bonds. The lowest BCUT2D eigenvalue weighted by Gasteiger charge is -2.17. The highest BCUT2D eigenvalue weighted by Gasteiger charge is 2.40. The largest absolute Gasteiger partial charge is 0.493 e. The molecule has 8 nitrogen and oxygen atoms in total. The lowest BCUT2D eigenvalue weighted by Crippen LogP contribution is -2.30. The summed E-state index contributed by atoms with van der Waals surface area (Å²) in [6, 6.07) is 15.2. The number of nitrogens with zero attached hydrogens (tertiary/aromatic N) is 1. The molecule has 2 heterocycles. The van der Waals surface area contributed by atoms with Crippen molar-refractivity contribution in [2.24, 2.45) is 0 Å². The number of carbonyl (C=O) groups excluding carboxylic acids is 3. The first kappa shape index (κ1) is 22.2. The Morgan fingerprint density at radius 3 is 1.97 bits per heavy atom. The highest BCUT2D eigenvalue weighted by Crippen LogP contribution is 2.41. The number of aromatic amines is 1. The highest BCUT2D eigenvalue weighted by atomic mass is 16.5. The van der Waals surface area contributed by atoms with Crippen molar-refractivity contribution in [2.75, 3.05) is 26.2 Å². The molecule has 0 saturated carbocycles. The Labute approximate surface area is 201 Å². The third-order valence-corrected chi connectivity index (χ3v) is 6.10. The number of H-pyrrole nitrogens is 1. The van der Waals surface area contributed by atoms with Crippen LogP contribution in [0.1, 0.15) is 42.3 Å². The zero-order valence-electron chi connectivity index (χ0n) is 19.6. The van der Waals surface area contributed by atoms with Crippen LogP contribution in [0.15, 0.2) is 54.6 Å². The molecule has 35 heavy (non-hydrogen) atoms. The fourth-order valence-electron chi connectivity index (χ4n) is 4.44. The molecule has 0 unspecified atom stereocenters. The van der Waals surface area contributed by atoms with E-state index in [1.54, 1.807) is 24.3 Å². The quantitative estimate of drug-likeness (QED) is 0.328. The van der Waals surface area contributed by atoms with Crippen LogP contribution in [0.5, 0.6) is 17.2 Å². The van der Waals surface area contributed by atoms with Crippen LogP contribution < -0.4 is 19.1 Å². The Kier molecular flexibility index (Phi) is 5.28. The number of methoxy groups -OCH3 is 3. The number of nitrogens with one attached hydrogen (secondary N) is 1. The fraction of sp³-hybridized carbons (Fsp3) is 0.148. The Balaban J connectivity index is 1.74. The molecule has 4 aromatic rings. The van der Waals surface area contributed by atoms with Gasteiger partial charge in [-0.25, -0.2) is 4.90 Å². The molecule has 0 saturated heterocycles. The predicted molar refractivity (Wildman–Crippen MR) is 130 cm³/mol. The van der Waals surface area contributed by atoms with Crippen LogP contribution >= 0.6 is 0 Å². The molecule has 0 radical (unpaired) electrons. The predicted octanol–water partition coefficient (Wildman–Crippen LogP) is 4.53. The number of aromatic nitrogens is 1. The van der Waals surface area contributed by atoms with Crippen LogP contribution in [-0.2, 0) is 0 Å². The van der Waals surface area contributed by atoms with E-state index in [0.717, 1.165) is 10.5 Å². The molecule has 176 valence electrons. The number of benzene rings is 3. The maximum atomic E-state index is 13.9. The van der Waals surface area contributed by atoms with Crippen molar-refractivity contribution in [3.05, 3.63) is 82.5 Å². The number of hydrogen-bond acceptors (Lipinski definition) is 6. The normalized spacial score (nSPS) is 12.7. The summed E-state index contributed by atoms with van der Waals surface area (Å²) in [6.07, 6.45) is 0. The molecule has 0 spiro atoms. The number of amides is 2. The second kappa shape index (κ2) is 8.32. The average Bonchev–Trinajstić information content (AvgIpc) is 3.36. The maximum Gasteiger partial charge on any atom is 0.266 e. The van der Waals surface area contributed by atoms with E-state index in [-0.39, 0.29) is 16.9 Å². The van der Waals surface area contributed by atoms with Crippen LogP contribution in [0.4, 0.5) is 5.69 Å².